The molecule has 0 amide bonds. The van der Waals surface area contributed by atoms with E-state index in [0.717, 1.165) is 5.75 Å². The van der Waals surface area contributed by atoms with Gasteiger partial charge in [0.25, 0.3) is 0 Å². The van der Waals surface area contributed by atoms with E-state index in [2.05, 4.69) is 10.3 Å². The van der Waals surface area contributed by atoms with Crippen LogP contribution >= 0.6 is 11.8 Å². The van der Waals surface area contributed by atoms with Gasteiger partial charge in [0.05, 0.1) is 5.69 Å². The Morgan fingerprint density at radius 2 is 2.22 bits per heavy atom. The van der Waals surface area contributed by atoms with E-state index < -0.39 is 10.0 Å². The normalized spacial score (nSPS) is 13.6. The highest BCUT2D eigenvalue weighted by Crippen LogP contribution is 2.24. The van der Waals surface area contributed by atoms with Crippen molar-refractivity contribution < 1.29 is 8.42 Å². The molecule has 1 aromatic rings. The standard InChI is InChI=1S/C11H19N3O2S2/c1-9(8-17-4)14(3)18(15,16)11-7-13-6-5-10(11)12-2/h5-7,9H,8H2,1-4H3,(H,12,13). The molecule has 0 aliphatic rings. The highest BCUT2D eigenvalue weighted by molar-refractivity contribution is 7.98. The van der Waals surface area contributed by atoms with Crippen LogP contribution < -0.4 is 5.32 Å². The predicted molar refractivity (Wildman–Crippen MR) is 76.6 cm³/mol. The van der Waals surface area contributed by atoms with E-state index in [9.17, 15) is 8.42 Å². The molecule has 1 heterocycles. The summed E-state index contributed by atoms with van der Waals surface area (Å²) in [6.45, 7) is 1.89. The second-order valence-corrected chi connectivity index (χ2v) is 6.82. The minimum atomic E-state index is -3.51. The van der Waals surface area contributed by atoms with E-state index in [4.69, 9.17) is 0 Å². The van der Waals surface area contributed by atoms with E-state index in [1.165, 1.54) is 10.5 Å². The van der Waals surface area contributed by atoms with E-state index in [-0.39, 0.29) is 10.9 Å². The first-order valence-corrected chi connectivity index (χ1v) is 8.37. The van der Waals surface area contributed by atoms with Crippen LogP contribution in [-0.4, -0.2) is 49.9 Å². The summed E-state index contributed by atoms with van der Waals surface area (Å²) in [6.07, 6.45) is 4.90. The monoisotopic (exact) mass is 289 g/mol. The molecule has 0 saturated carbocycles. The zero-order valence-electron chi connectivity index (χ0n) is 11.0. The topological polar surface area (TPSA) is 62.3 Å². The van der Waals surface area contributed by atoms with Crippen molar-refractivity contribution in [1.82, 2.24) is 9.29 Å². The fraction of sp³-hybridized carbons (Fsp3) is 0.545. The quantitative estimate of drug-likeness (QED) is 0.860. The molecule has 1 unspecified atom stereocenters. The lowest BCUT2D eigenvalue weighted by molar-refractivity contribution is 0.415. The first kappa shape index (κ1) is 15.3. The minimum absolute atomic E-state index is 0.0603. The average molecular weight is 289 g/mol. The van der Waals surface area contributed by atoms with Gasteiger partial charge < -0.3 is 5.32 Å². The Hall–Kier alpha value is -0.790. The lowest BCUT2D eigenvalue weighted by Crippen LogP contribution is -2.36. The Balaban J connectivity index is 3.13. The van der Waals surface area contributed by atoms with Crippen LogP contribution in [0.4, 0.5) is 5.69 Å². The summed E-state index contributed by atoms with van der Waals surface area (Å²) in [5, 5.41) is 2.88. The maximum atomic E-state index is 12.5. The van der Waals surface area contributed by atoms with Crippen LogP contribution in [0.2, 0.25) is 0 Å². The van der Waals surface area contributed by atoms with Crippen molar-refractivity contribution in [3.63, 3.8) is 0 Å². The van der Waals surface area contributed by atoms with Crippen LogP contribution in [0.25, 0.3) is 0 Å². The van der Waals surface area contributed by atoms with Crippen molar-refractivity contribution in [1.29, 1.82) is 0 Å². The predicted octanol–water partition coefficient (Wildman–Crippen LogP) is 1.50. The lowest BCUT2D eigenvalue weighted by Gasteiger charge is -2.24. The number of anilines is 1. The maximum Gasteiger partial charge on any atom is 0.246 e. The number of aromatic nitrogens is 1. The molecule has 0 bridgehead atoms. The summed E-state index contributed by atoms with van der Waals surface area (Å²) in [7, 11) is -0.214. The van der Waals surface area contributed by atoms with Gasteiger partial charge in [-0.25, -0.2) is 8.42 Å². The Morgan fingerprint density at radius 1 is 1.56 bits per heavy atom. The molecule has 0 aliphatic heterocycles. The Bertz CT molecular complexity index is 491. The van der Waals surface area contributed by atoms with Gasteiger partial charge in [-0.15, -0.1) is 0 Å². The van der Waals surface area contributed by atoms with Crippen LogP contribution in [0.3, 0.4) is 0 Å². The van der Waals surface area contributed by atoms with Gasteiger partial charge in [0.1, 0.15) is 4.90 Å². The third kappa shape index (κ3) is 3.15. The van der Waals surface area contributed by atoms with Crippen LogP contribution in [0, 0.1) is 0 Å². The Kier molecular flexibility index (Phi) is 5.43. The van der Waals surface area contributed by atoms with Crippen molar-refractivity contribution >= 4 is 27.5 Å². The lowest BCUT2D eigenvalue weighted by atomic mass is 10.4. The first-order valence-electron chi connectivity index (χ1n) is 5.54. The number of nitrogens with zero attached hydrogens (tertiary/aromatic N) is 2. The van der Waals surface area contributed by atoms with Crippen LogP contribution in [0.15, 0.2) is 23.4 Å². The molecule has 0 radical (unpaired) electrons. The van der Waals surface area contributed by atoms with Gasteiger partial charge in [-0.3, -0.25) is 4.98 Å². The summed E-state index contributed by atoms with van der Waals surface area (Å²) in [6, 6.07) is 1.59. The average Bonchev–Trinajstić information content (AvgIpc) is 2.38. The number of pyridine rings is 1. The zero-order valence-corrected chi connectivity index (χ0v) is 12.7. The van der Waals surface area contributed by atoms with Crippen molar-refractivity contribution in [2.75, 3.05) is 31.4 Å². The highest BCUT2D eigenvalue weighted by Gasteiger charge is 2.27. The number of sulfonamides is 1. The van der Waals surface area contributed by atoms with Crippen molar-refractivity contribution in [2.24, 2.45) is 0 Å². The minimum Gasteiger partial charge on any atom is -0.387 e. The van der Waals surface area contributed by atoms with Gasteiger partial charge in [0, 0.05) is 38.3 Å². The molecule has 7 heteroatoms. The molecule has 0 fully saturated rings. The fourth-order valence-corrected chi connectivity index (χ4v) is 3.83. The molecule has 0 saturated heterocycles. The van der Waals surface area contributed by atoms with Crippen LogP contribution in [-0.2, 0) is 10.0 Å². The highest BCUT2D eigenvalue weighted by atomic mass is 32.2. The van der Waals surface area contributed by atoms with Gasteiger partial charge in [-0.05, 0) is 19.2 Å². The van der Waals surface area contributed by atoms with E-state index in [1.807, 2.05) is 13.2 Å². The van der Waals surface area contributed by atoms with Gasteiger partial charge >= 0.3 is 0 Å². The summed E-state index contributed by atoms with van der Waals surface area (Å²) in [5.41, 5.74) is 0.563. The zero-order chi connectivity index (χ0) is 13.8. The van der Waals surface area contributed by atoms with E-state index in [1.54, 1.807) is 38.1 Å². The second kappa shape index (κ2) is 6.40. The van der Waals surface area contributed by atoms with E-state index >= 15 is 0 Å². The van der Waals surface area contributed by atoms with Gasteiger partial charge in [0.2, 0.25) is 10.0 Å². The summed E-state index contributed by atoms with van der Waals surface area (Å²) < 4.78 is 26.3. The molecule has 0 spiro atoms. The van der Waals surface area contributed by atoms with Crippen molar-refractivity contribution in [3.8, 4) is 0 Å². The molecular weight excluding hydrogens is 270 g/mol. The van der Waals surface area contributed by atoms with Crippen LogP contribution in [0.5, 0.6) is 0 Å². The third-order valence-corrected chi connectivity index (χ3v) is 5.55. The Labute approximate surface area is 113 Å². The molecule has 1 atom stereocenters. The number of nitrogens with one attached hydrogen (secondary N) is 1. The number of thioether (sulfide) groups is 1. The summed E-state index contributed by atoms with van der Waals surface area (Å²) >= 11 is 1.62. The van der Waals surface area contributed by atoms with Gasteiger partial charge in [-0.1, -0.05) is 0 Å². The molecule has 0 aliphatic carbocycles. The molecular formula is C11H19N3O2S2. The number of rotatable bonds is 6. The number of hydrogen-bond donors (Lipinski definition) is 1. The van der Waals surface area contributed by atoms with Gasteiger partial charge in [-0.2, -0.15) is 16.1 Å². The van der Waals surface area contributed by atoms with E-state index in [0.29, 0.717) is 5.69 Å². The van der Waals surface area contributed by atoms with Crippen molar-refractivity contribution in [3.05, 3.63) is 18.5 Å². The molecule has 18 heavy (non-hydrogen) atoms. The summed E-state index contributed by atoms with van der Waals surface area (Å²) in [5.74, 6) is 0.755. The molecule has 1 aromatic heterocycles. The number of hydrogen-bond acceptors (Lipinski definition) is 5. The third-order valence-electron chi connectivity index (χ3n) is 2.74. The van der Waals surface area contributed by atoms with Gasteiger partial charge in [0.15, 0.2) is 0 Å². The fourth-order valence-electron chi connectivity index (χ4n) is 1.53. The van der Waals surface area contributed by atoms with Crippen molar-refractivity contribution in [2.45, 2.75) is 17.9 Å². The smallest absolute Gasteiger partial charge is 0.246 e. The SMILES string of the molecule is CNc1ccncc1S(=O)(=O)N(C)C(C)CSC. The molecule has 5 nitrogen and oxygen atoms in total. The largest absolute Gasteiger partial charge is 0.387 e. The second-order valence-electron chi connectivity index (χ2n) is 3.95. The molecule has 0 aromatic carbocycles. The molecule has 102 valence electrons. The van der Waals surface area contributed by atoms with Crippen LogP contribution in [0.1, 0.15) is 6.92 Å². The summed E-state index contributed by atoms with van der Waals surface area (Å²) in [4.78, 5) is 4.11. The first-order chi connectivity index (χ1) is 8.45. The molecule has 1 rings (SSSR count). The maximum absolute atomic E-state index is 12.5. The Morgan fingerprint density at radius 3 is 2.78 bits per heavy atom. The molecule has 1 N–H and O–H groups in total.